The summed E-state index contributed by atoms with van der Waals surface area (Å²) in [4.78, 5) is 11.0. The Morgan fingerprint density at radius 2 is 1.84 bits per heavy atom. The minimum absolute atomic E-state index is 0.0798. The van der Waals surface area contributed by atoms with E-state index in [1.807, 2.05) is 24.3 Å². The van der Waals surface area contributed by atoms with Crippen LogP contribution >= 0.6 is 12.2 Å². The third-order valence-electron chi connectivity index (χ3n) is 3.13. The fourth-order valence-electron chi connectivity index (χ4n) is 2.30. The lowest BCUT2D eigenvalue weighted by molar-refractivity contribution is -0.114. The molecule has 3 N–H and O–H groups in total. The number of anilines is 2. The molecule has 2 rings (SSSR count). The first kappa shape index (κ1) is 13.8. The quantitative estimate of drug-likeness (QED) is 0.744. The van der Waals surface area contributed by atoms with Gasteiger partial charge in [-0.15, -0.1) is 0 Å². The largest absolute Gasteiger partial charge is 0.360 e. The molecule has 0 saturated heterocycles. The smallest absolute Gasteiger partial charge is 0.221 e. The Morgan fingerprint density at radius 1 is 1.21 bits per heavy atom. The van der Waals surface area contributed by atoms with Crippen molar-refractivity contribution >= 4 is 34.6 Å². The van der Waals surface area contributed by atoms with Crippen LogP contribution in [-0.2, 0) is 4.79 Å². The second-order valence-electron chi connectivity index (χ2n) is 4.84. The van der Waals surface area contributed by atoms with E-state index in [1.54, 1.807) is 0 Å². The summed E-state index contributed by atoms with van der Waals surface area (Å²) < 4.78 is 0. The number of carbonyl (C=O) groups excluding carboxylic acids is 1. The van der Waals surface area contributed by atoms with Gasteiger partial charge in [-0.1, -0.05) is 18.9 Å². The van der Waals surface area contributed by atoms with E-state index in [9.17, 15) is 4.79 Å². The van der Waals surface area contributed by atoms with E-state index in [-0.39, 0.29) is 5.91 Å². The lowest BCUT2D eigenvalue weighted by atomic mass is 10.2. The molecule has 4 nitrogen and oxygen atoms in total. The van der Waals surface area contributed by atoms with Crippen molar-refractivity contribution in [1.82, 2.24) is 5.32 Å². The van der Waals surface area contributed by atoms with Crippen molar-refractivity contribution in [2.45, 2.75) is 38.6 Å². The Balaban J connectivity index is 1.90. The van der Waals surface area contributed by atoms with Gasteiger partial charge in [-0.3, -0.25) is 4.79 Å². The molecule has 0 bridgehead atoms. The Labute approximate surface area is 119 Å². The van der Waals surface area contributed by atoms with Crippen molar-refractivity contribution in [2.75, 3.05) is 10.6 Å². The van der Waals surface area contributed by atoms with Crippen LogP contribution in [0.2, 0.25) is 0 Å². The van der Waals surface area contributed by atoms with Crippen LogP contribution in [0.25, 0.3) is 0 Å². The molecule has 0 aliphatic heterocycles. The Hall–Kier alpha value is -1.62. The highest BCUT2D eigenvalue weighted by molar-refractivity contribution is 7.80. The summed E-state index contributed by atoms with van der Waals surface area (Å²) in [6.07, 6.45) is 4.93. The van der Waals surface area contributed by atoms with Crippen molar-refractivity contribution < 1.29 is 4.79 Å². The monoisotopic (exact) mass is 277 g/mol. The van der Waals surface area contributed by atoms with Gasteiger partial charge in [-0.25, -0.2) is 0 Å². The second kappa shape index (κ2) is 6.52. The van der Waals surface area contributed by atoms with E-state index >= 15 is 0 Å². The van der Waals surface area contributed by atoms with Crippen LogP contribution in [0, 0.1) is 0 Å². The molecule has 0 aromatic heterocycles. The molecule has 5 heteroatoms. The SMILES string of the molecule is CC(=O)Nc1cccc(NC(=S)NC2CCCC2)c1. The van der Waals surface area contributed by atoms with Crippen molar-refractivity contribution in [2.24, 2.45) is 0 Å². The second-order valence-corrected chi connectivity index (χ2v) is 5.25. The van der Waals surface area contributed by atoms with Gasteiger partial charge in [0.2, 0.25) is 5.91 Å². The Kier molecular flexibility index (Phi) is 4.74. The molecule has 1 amide bonds. The van der Waals surface area contributed by atoms with Gasteiger partial charge in [0.05, 0.1) is 0 Å². The van der Waals surface area contributed by atoms with E-state index in [1.165, 1.54) is 32.6 Å². The van der Waals surface area contributed by atoms with Crippen molar-refractivity contribution in [3.8, 4) is 0 Å². The molecule has 0 spiro atoms. The number of hydrogen-bond donors (Lipinski definition) is 3. The lowest BCUT2D eigenvalue weighted by Gasteiger charge is -2.16. The summed E-state index contributed by atoms with van der Waals surface area (Å²) in [5.74, 6) is -0.0798. The number of amides is 1. The normalized spacial score (nSPS) is 15.0. The van der Waals surface area contributed by atoms with Gasteiger partial charge >= 0.3 is 0 Å². The first-order valence-electron chi connectivity index (χ1n) is 6.58. The molecule has 19 heavy (non-hydrogen) atoms. The van der Waals surface area contributed by atoms with Crippen LogP contribution in [0.3, 0.4) is 0 Å². The van der Waals surface area contributed by atoms with E-state index in [4.69, 9.17) is 12.2 Å². The molecule has 1 fully saturated rings. The van der Waals surface area contributed by atoms with Crippen LogP contribution in [0.5, 0.6) is 0 Å². The van der Waals surface area contributed by atoms with Gasteiger partial charge in [0.25, 0.3) is 0 Å². The van der Waals surface area contributed by atoms with E-state index in [0.717, 1.165) is 11.4 Å². The van der Waals surface area contributed by atoms with Gasteiger partial charge < -0.3 is 16.0 Å². The molecule has 1 aliphatic carbocycles. The van der Waals surface area contributed by atoms with Gasteiger partial charge in [0, 0.05) is 24.3 Å². The predicted molar refractivity (Wildman–Crippen MR) is 82.4 cm³/mol. The van der Waals surface area contributed by atoms with Gasteiger partial charge in [-0.2, -0.15) is 0 Å². The van der Waals surface area contributed by atoms with Gasteiger partial charge in [0.1, 0.15) is 0 Å². The highest BCUT2D eigenvalue weighted by atomic mass is 32.1. The maximum atomic E-state index is 11.0. The van der Waals surface area contributed by atoms with Gasteiger partial charge in [-0.05, 0) is 43.3 Å². The average Bonchev–Trinajstić information content (AvgIpc) is 2.81. The fraction of sp³-hybridized carbons (Fsp3) is 0.429. The minimum atomic E-state index is -0.0798. The molecule has 0 heterocycles. The summed E-state index contributed by atoms with van der Waals surface area (Å²) in [6.45, 7) is 1.49. The molecule has 1 aromatic carbocycles. The van der Waals surface area contributed by atoms with Crippen molar-refractivity contribution in [3.05, 3.63) is 24.3 Å². The zero-order valence-electron chi connectivity index (χ0n) is 11.0. The fourth-order valence-corrected chi connectivity index (χ4v) is 2.59. The maximum absolute atomic E-state index is 11.0. The molecule has 1 aromatic rings. The van der Waals surface area contributed by atoms with Crippen LogP contribution < -0.4 is 16.0 Å². The maximum Gasteiger partial charge on any atom is 0.221 e. The lowest BCUT2D eigenvalue weighted by Crippen LogP contribution is -2.35. The zero-order chi connectivity index (χ0) is 13.7. The number of rotatable bonds is 3. The molecule has 1 saturated carbocycles. The first-order valence-corrected chi connectivity index (χ1v) is 6.99. The summed E-state index contributed by atoms with van der Waals surface area (Å²) in [6, 6.07) is 8.02. The predicted octanol–water partition coefficient (Wildman–Crippen LogP) is 2.87. The van der Waals surface area contributed by atoms with Crippen LogP contribution in [0.4, 0.5) is 11.4 Å². The van der Waals surface area contributed by atoms with Crippen LogP contribution in [0.1, 0.15) is 32.6 Å². The van der Waals surface area contributed by atoms with Crippen molar-refractivity contribution in [3.63, 3.8) is 0 Å². The molecule has 1 aliphatic rings. The zero-order valence-corrected chi connectivity index (χ0v) is 11.8. The summed E-state index contributed by atoms with van der Waals surface area (Å²) in [7, 11) is 0. The molecular weight excluding hydrogens is 258 g/mol. The third kappa shape index (κ3) is 4.52. The topological polar surface area (TPSA) is 53.2 Å². The Bertz CT molecular complexity index is 470. The number of nitrogens with one attached hydrogen (secondary N) is 3. The molecular formula is C14H19N3OS. The molecule has 0 unspecified atom stereocenters. The minimum Gasteiger partial charge on any atom is -0.360 e. The average molecular weight is 277 g/mol. The summed E-state index contributed by atoms with van der Waals surface area (Å²) >= 11 is 5.29. The van der Waals surface area contributed by atoms with E-state index < -0.39 is 0 Å². The molecule has 102 valence electrons. The first-order chi connectivity index (χ1) is 9.13. The number of benzene rings is 1. The van der Waals surface area contributed by atoms with Crippen LogP contribution in [0.15, 0.2) is 24.3 Å². The number of hydrogen-bond acceptors (Lipinski definition) is 2. The van der Waals surface area contributed by atoms with Gasteiger partial charge in [0.15, 0.2) is 5.11 Å². The number of carbonyl (C=O) groups is 1. The highest BCUT2D eigenvalue weighted by Gasteiger charge is 2.15. The van der Waals surface area contributed by atoms with Crippen LogP contribution in [-0.4, -0.2) is 17.1 Å². The number of thiocarbonyl (C=S) groups is 1. The highest BCUT2D eigenvalue weighted by Crippen LogP contribution is 2.18. The Morgan fingerprint density at radius 3 is 2.47 bits per heavy atom. The molecule has 0 radical (unpaired) electrons. The van der Waals surface area contributed by atoms with E-state index in [2.05, 4.69) is 16.0 Å². The van der Waals surface area contributed by atoms with E-state index in [0.29, 0.717) is 11.2 Å². The third-order valence-corrected chi connectivity index (χ3v) is 3.35. The van der Waals surface area contributed by atoms with Crippen molar-refractivity contribution in [1.29, 1.82) is 0 Å². The molecule has 0 atom stereocenters. The summed E-state index contributed by atoms with van der Waals surface area (Å²) in [5, 5.41) is 9.87. The summed E-state index contributed by atoms with van der Waals surface area (Å²) in [5.41, 5.74) is 1.64. The standard InChI is InChI=1S/C14H19N3OS/c1-10(18)15-12-7-4-8-13(9-12)17-14(19)16-11-5-2-3-6-11/h4,7-9,11H,2-3,5-6H2,1H3,(H,15,18)(H2,16,17,19).